The largest absolute Gasteiger partial charge is 0.404 e. The minimum Gasteiger partial charge on any atom is -0.361 e. The summed E-state index contributed by atoms with van der Waals surface area (Å²) in [5.74, 6) is -1.70. The molecule has 2 heterocycles. The topological polar surface area (TPSA) is 65.2 Å². The summed E-state index contributed by atoms with van der Waals surface area (Å²) in [6.07, 6.45) is -1.85. The van der Waals surface area contributed by atoms with Gasteiger partial charge < -0.3 is 4.98 Å². The van der Waals surface area contributed by atoms with Crippen LogP contribution in [0.1, 0.15) is 23.5 Å². The van der Waals surface area contributed by atoms with Crippen LogP contribution in [0.2, 0.25) is 0 Å². The van der Waals surface area contributed by atoms with E-state index in [1.54, 1.807) is 12.1 Å². The number of H-pyrrole nitrogens is 1. The van der Waals surface area contributed by atoms with Gasteiger partial charge in [0.25, 0.3) is 0 Å². The van der Waals surface area contributed by atoms with E-state index in [0.29, 0.717) is 0 Å². The number of hydrogen-bond donors (Lipinski definition) is 2. The smallest absolute Gasteiger partial charge is 0.361 e. The average Bonchev–Trinajstić information content (AvgIpc) is 3.27. The number of likely N-dealkylation sites (tertiary alicyclic amines) is 1. The Morgan fingerprint density at radius 1 is 1.13 bits per heavy atom. The molecule has 1 aliphatic heterocycles. The lowest BCUT2D eigenvalue weighted by Crippen LogP contribution is -2.27. The number of aromatic amines is 1. The van der Waals surface area contributed by atoms with Crippen LogP contribution in [-0.4, -0.2) is 43.3 Å². The third-order valence-electron chi connectivity index (χ3n) is 5.33. The molecule has 0 bridgehead atoms. The summed E-state index contributed by atoms with van der Waals surface area (Å²) in [5.41, 5.74) is 3.40. The Morgan fingerprint density at radius 3 is 2.73 bits per heavy atom. The van der Waals surface area contributed by atoms with Gasteiger partial charge in [-0.3, -0.25) is 9.62 Å². The number of nitrogens with one attached hydrogen (secondary N) is 2. The predicted octanol–water partition coefficient (Wildman–Crippen LogP) is 4.46. The highest BCUT2D eigenvalue weighted by molar-refractivity contribution is 7.92. The summed E-state index contributed by atoms with van der Waals surface area (Å²) in [4.78, 5) is 5.61. The van der Waals surface area contributed by atoms with E-state index in [1.165, 1.54) is 17.0 Å². The Bertz CT molecular complexity index is 1140. The van der Waals surface area contributed by atoms with Gasteiger partial charge in [0, 0.05) is 35.9 Å². The van der Waals surface area contributed by atoms with Gasteiger partial charge in [-0.1, -0.05) is 30.3 Å². The molecule has 5 nitrogen and oxygen atoms in total. The first-order valence-corrected chi connectivity index (χ1v) is 11.3. The maximum Gasteiger partial charge on any atom is 0.404 e. The first kappa shape index (κ1) is 20.7. The Hall–Kier alpha value is -2.52. The molecular weight excluding hydrogens is 415 g/mol. The number of halogens is 3. The molecule has 1 saturated heterocycles. The van der Waals surface area contributed by atoms with Crippen LogP contribution in [0.3, 0.4) is 0 Å². The summed E-state index contributed by atoms with van der Waals surface area (Å²) in [5, 5.41) is 1.20. The average molecular weight is 437 g/mol. The molecular formula is C21H22F3N3O2S. The minimum absolute atomic E-state index is 0.159. The fourth-order valence-electron chi connectivity index (χ4n) is 4.04. The molecule has 2 aromatic carbocycles. The van der Waals surface area contributed by atoms with Crippen molar-refractivity contribution >= 4 is 26.6 Å². The fourth-order valence-corrected chi connectivity index (χ4v) is 5.03. The highest BCUT2D eigenvalue weighted by atomic mass is 32.2. The zero-order valence-corrected chi connectivity index (χ0v) is 16.9. The number of anilines is 1. The van der Waals surface area contributed by atoms with Crippen LogP contribution >= 0.6 is 0 Å². The number of nitrogens with zero attached hydrogens (tertiary/aromatic N) is 1. The van der Waals surface area contributed by atoms with Crippen LogP contribution in [0.25, 0.3) is 10.9 Å². The van der Waals surface area contributed by atoms with E-state index in [4.69, 9.17) is 0 Å². The SMILES string of the molecule is O=S(=O)(CC(F)(F)F)Nc1cccc(C2CCN(Cc3c[nH]c4ccccc34)C2)c1. The second-order valence-corrected chi connectivity index (χ2v) is 9.40. The van der Waals surface area contributed by atoms with E-state index in [-0.39, 0.29) is 11.6 Å². The summed E-state index contributed by atoms with van der Waals surface area (Å²) in [6.45, 7) is 2.50. The summed E-state index contributed by atoms with van der Waals surface area (Å²) >= 11 is 0. The van der Waals surface area contributed by atoms with Gasteiger partial charge in [-0.25, -0.2) is 8.42 Å². The lowest BCUT2D eigenvalue weighted by Gasteiger charge is -2.17. The van der Waals surface area contributed by atoms with Crippen molar-refractivity contribution in [3.8, 4) is 0 Å². The van der Waals surface area contributed by atoms with Gasteiger partial charge >= 0.3 is 6.18 Å². The molecule has 0 spiro atoms. The Balaban J connectivity index is 1.42. The van der Waals surface area contributed by atoms with E-state index in [2.05, 4.69) is 16.0 Å². The van der Waals surface area contributed by atoms with Gasteiger partial charge in [-0.15, -0.1) is 0 Å². The molecule has 0 saturated carbocycles. The maximum absolute atomic E-state index is 12.4. The van der Waals surface area contributed by atoms with Crippen LogP contribution in [-0.2, 0) is 16.6 Å². The van der Waals surface area contributed by atoms with Crippen molar-refractivity contribution in [2.75, 3.05) is 23.6 Å². The van der Waals surface area contributed by atoms with E-state index in [1.807, 2.05) is 35.2 Å². The molecule has 160 valence electrons. The van der Waals surface area contributed by atoms with Crippen molar-refractivity contribution < 1.29 is 21.6 Å². The standard InChI is InChI=1S/C21H22F3N3O2S/c22-21(23,24)14-30(28,29)26-18-5-3-4-15(10-18)16-8-9-27(12-16)13-17-11-25-20-7-2-1-6-19(17)20/h1-7,10-11,16,25-26H,8-9,12-14H2. The minimum atomic E-state index is -4.78. The van der Waals surface area contributed by atoms with Gasteiger partial charge in [0.2, 0.25) is 10.0 Å². The highest BCUT2D eigenvalue weighted by Gasteiger charge is 2.35. The zero-order valence-electron chi connectivity index (χ0n) is 16.1. The van der Waals surface area contributed by atoms with Gasteiger partial charge in [-0.05, 0) is 48.2 Å². The quantitative estimate of drug-likeness (QED) is 0.598. The predicted molar refractivity (Wildman–Crippen MR) is 111 cm³/mol. The lowest BCUT2D eigenvalue weighted by molar-refractivity contribution is -0.106. The van der Waals surface area contributed by atoms with Crippen molar-refractivity contribution in [2.24, 2.45) is 0 Å². The molecule has 4 rings (SSSR count). The van der Waals surface area contributed by atoms with Gasteiger partial charge in [-0.2, -0.15) is 13.2 Å². The number of rotatable bonds is 6. The van der Waals surface area contributed by atoms with Crippen LogP contribution in [0.15, 0.2) is 54.7 Å². The van der Waals surface area contributed by atoms with E-state index in [9.17, 15) is 21.6 Å². The van der Waals surface area contributed by atoms with Gasteiger partial charge in [0.1, 0.15) is 0 Å². The summed E-state index contributed by atoms with van der Waals surface area (Å²) < 4.78 is 62.9. The number of sulfonamides is 1. The number of para-hydroxylation sites is 1. The normalized spacial score (nSPS) is 18.2. The van der Waals surface area contributed by atoms with Crippen molar-refractivity contribution in [3.63, 3.8) is 0 Å². The first-order valence-electron chi connectivity index (χ1n) is 9.63. The molecule has 1 atom stereocenters. The van der Waals surface area contributed by atoms with Crippen LogP contribution in [0.4, 0.5) is 18.9 Å². The molecule has 2 N–H and O–H groups in total. The Kier molecular flexibility index (Phi) is 5.50. The molecule has 0 amide bonds. The molecule has 30 heavy (non-hydrogen) atoms. The third kappa shape index (κ3) is 4.96. The monoisotopic (exact) mass is 437 g/mol. The highest BCUT2D eigenvalue weighted by Crippen LogP contribution is 2.31. The van der Waals surface area contributed by atoms with E-state index >= 15 is 0 Å². The first-order chi connectivity index (χ1) is 14.2. The van der Waals surface area contributed by atoms with E-state index in [0.717, 1.165) is 37.1 Å². The van der Waals surface area contributed by atoms with Crippen LogP contribution < -0.4 is 4.72 Å². The van der Waals surface area contributed by atoms with Crippen molar-refractivity contribution in [1.82, 2.24) is 9.88 Å². The molecule has 1 fully saturated rings. The number of fused-ring (bicyclic) bond motifs is 1. The summed E-state index contributed by atoms with van der Waals surface area (Å²) in [7, 11) is -4.49. The number of alkyl halides is 3. The zero-order chi connectivity index (χ0) is 21.4. The maximum atomic E-state index is 12.4. The molecule has 1 unspecified atom stereocenters. The fraction of sp³-hybridized carbons (Fsp3) is 0.333. The second-order valence-electron chi connectivity index (χ2n) is 7.68. The van der Waals surface area contributed by atoms with Crippen molar-refractivity contribution in [2.45, 2.75) is 25.1 Å². The lowest BCUT2D eigenvalue weighted by atomic mass is 9.98. The Morgan fingerprint density at radius 2 is 1.93 bits per heavy atom. The molecule has 0 radical (unpaired) electrons. The third-order valence-corrected chi connectivity index (χ3v) is 6.58. The number of hydrogen-bond acceptors (Lipinski definition) is 3. The second kappa shape index (κ2) is 7.96. The molecule has 1 aromatic heterocycles. The molecule has 9 heteroatoms. The van der Waals surface area contributed by atoms with Gasteiger partial charge in [0.05, 0.1) is 0 Å². The van der Waals surface area contributed by atoms with Crippen LogP contribution in [0.5, 0.6) is 0 Å². The molecule has 1 aliphatic rings. The van der Waals surface area contributed by atoms with Crippen molar-refractivity contribution in [3.05, 3.63) is 65.9 Å². The Labute approximate surface area is 172 Å². The van der Waals surface area contributed by atoms with Gasteiger partial charge in [0.15, 0.2) is 5.75 Å². The summed E-state index contributed by atoms with van der Waals surface area (Å²) in [6, 6.07) is 14.8. The number of benzene rings is 2. The molecule has 3 aromatic rings. The molecule has 0 aliphatic carbocycles. The van der Waals surface area contributed by atoms with Crippen LogP contribution in [0, 0.1) is 0 Å². The van der Waals surface area contributed by atoms with E-state index < -0.39 is 22.0 Å². The van der Waals surface area contributed by atoms with Crippen molar-refractivity contribution in [1.29, 1.82) is 0 Å². The number of aromatic nitrogens is 1.